The van der Waals surface area contributed by atoms with Crippen LogP contribution in [0.2, 0.25) is 0 Å². The molecule has 0 bridgehead atoms. The fraction of sp³-hybridized carbons (Fsp3) is 0.667. The van der Waals surface area contributed by atoms with E-state index in [1.54, 1.807) is 10.9 Å². The van der Waals surface area contributed by atoms with E-state index >= 15 is 0 Å². The number of aryl methyl sites for hydroxylation is 1. The molecule has 1 aliphatic heterocycles. The van der Waals surface area contributed by atoms with E-state index in [0.29, 0.717) is 25.6 Å². The molecule has 1 amide bonds. The number of carbonyl (C=O) groups is 1. The molecule has 2 heterocycles. The zero-order chi connectivity index (χ0) is 11.5. The third-order valence-electron chi connectivity index (χ3n) is 2.69. The summed E-state index contributed by atoms with van der Waals surface area (Å²) in [6.45, 7) is 1.20. The first kappa shape index (κ1) is 11.0. The third kappa shape index (κ3) is 2.20. The Kier molecular flexibility index (Phi) is 3.16. The molecule has 0 aliphatic carbocycles. The van der Waals surface area contributed by atoms with E-state index in [4.69, 9.17) is 10.5 Å². The van der Waals surface area contributed by atoms with Crippen LogP contribution in [-0.2, 0) is 23.1 Å². The minimum absolute atomic E-state index is 0.0898. The van der Waals surface area contributed by atoms with Gasteiger partial charge in [0.2, 0.25) is 5.91 Å². The van der Waals surface area contributed by atoms with Gasteiger partial charge in [0, 0.05) is 13.1 Å². The van der Waals surface area contributed by atoms with Crippen LogP contribution in [0.1, 0.15) is 5.82 Å². The Labute approximate surface area is 93.0 Å². The predicted molar refractivity (Wildman–Crippen MR) is 55.1 cm³/mol. The van der Waals surface area contributed by atoms with Crippen LogP contribution in [0.15, 0.2) is 6.33 Å². The number of nitrogens with one attached hydrogen (secondary N) is 1. The van der Waals surface area contributed by atoms with Crippen molar-refractivity contribution in [3.63, 3.8) is 0 Å². The lowest BCUT2D eigenvalue weighted by molar-refractivity contribution is -0.125. The molecule has 1 aromatic heterocycles. The number of amides is 1. The van der Waals surface area contributed by atoms with Gasteiger partial charge in [-0.2, -0.15) is 0 Å². The first-order chi connectivity index (χ1) is 7.68. The Bertz CT molecular complexity index is 378. The normalized spacial score (nSPS) is 24.6. The lowest BCUT2D eigenvalue weighted by atomic mass is 10.0. The third-order valence-corrected chi connectivity index (χ3v) is 2.69. The van der Waals surface area contributed by atoms with Crippen molar-refractivity contribution in [2.24, 2.45) is 18.7 Å². The van der Waals surface area contributed by atoms with Gasteiger partial charge in [0.05, 0.1) is 25.7 Å². The van der Waals surface area contributed by atoms with Crippen molar-refractivity contribution in [2.45, 2.75) is 12.6 Å². The fourth-order valence-electron chi connectivity index (χ4n) is 1.61. The summed E-state index contributed by atoms with van der Waals surface area (Å²) in [5, 5.41) is 10.4. The Hall–Kier alpha value is -1.47. The molecule has 2 unspecified atom stereocenters. The highest BCUT2D eigenvalue weighted by Crippen LogP contribution is 2.11. The van der Waals surface area contributed by atoms with Crippen LogP contribution in [-0.4, -0.2) is 39.9 Å². The van der Waals surface area contributed by atoms with Crippen LogP contribution in [0.25, 0.3) is 0 Å². The predicted octanol–water partition coefficient (Wildman–Crippen LogP) is -1.59. The van der Waals surface area contributed by atoms with Crippen molar-refractivity contribution in [1.29, 1.82) is 0 Å². The Morgan fingerprint density at radius 1 is 1.75 bits per heavy atom. The molecule has 2 rings (SSSR count). The molecule has 1 fully saturated rings. The summed E-state index contributed by atoms with van der Waals surface area (Å²) in [5.74, 6) is 0.363. The summed E-state index contributed by atoms with van der Waals surface area (Å²) in [4.78, 5) is 11.7. The largest absolute Gasteiger partial charge is 0.379 e. The van der Waals surface area contributed by atoms with E-state index in [2.05, 4.69) is 15.5 Å². The molecule has 7 nitrogen and oxygen atoms in total. The van der Waals surface area contributed by atoms with E-state index in [0.717, 1.165) is 0 Å². The van der Waals surface area contributed by atoms with Gasteiger partial charge in [-0.05, 0) is 0 Å². The number of rotatable bonds is 3. The molecule has 0 radical (unpaired) electrons. The van der Waals surface area contributed by atoms with Crippen molar-refractivity contribution < 1.29 is 9.53 Å². The average molecular weight is 225 g/mol. The smallest absolute Gasteiger partial charge is 0.227 e. The Morgan fingerprint density at radius 3 is 3.12 bits per heavy atom. The maximum Gasteiger partial charge on any atom is 0.227 e. The van der Waals surface area contributed by atoms with Gasteiger partial charge < -0.3 is 20.4 Å². The molecular weight excluding hydrogens is 210 g/mol. The molecule has 0 saturated carbocycles. The quantitative estimate of drug-likeness (QED) is 0.646. The summed E-state index contributed by atoms with van der Waals surface area (Å²) in [6, 6.07) is -0.209. The van der Waals surface area contributed by atoms with Gasteiger partial charge in [0.15, 0.2) is 5.82 Å². The molecule has 0 aromatic carbocycles. The van der Waals surface area contributed by atoms with E-state index in [-0.39, 0.29) is 17.9 Å². The van der Waals surface area contributed by atoms with Crippen LogP contribution < -0.4 is 11.1 Å². The minimum Gasteiger partial charge on any atom is -0.379 e. The van der Waals surface area contributed by atoms with Gasteiger partial charge in [-0.25, -0.2) is 0 Å². The molecule has 3 N–H and O–H groups in total. The number of hydrogen-bond donors (Lipinski definition) is 2. The summed E-state index contributed by atoms with van der Waals surface area (Å²) in [6.07, 6.45) is 1.59. The molecule has 16 heavy (non-hydrogen) atoms. The molecule has 0 spiro atoms. The van der Waals surface area contributed by atoms with Gasteiger partial charge in [0.25, 0.3) is 0 Å². The lowest BCUT2D eigenvalue weighted by Gasteiger charge is -2.12. The Balaban J connectivity index is 1.86. The van der Waals surface area contributed by atoms with E-state index in [1.807, 2.05) is 7.05 Å². The molecule has 1 saturated heterocycles. The molecular formula is C9H15N5O2. The second kappa shape index (κ2) is 4.58. The van der Waals surface area contributed by atoms with Gasteiger partial charge in [0.1, 0.15) is 6.33 Å². The van der Waals surface area contributed by atoms with Gasteiger partial charge in [-0.15, -0.1) is 10.2 Å². The van der Waals surface area contributed by atoms with Crippen molar-refractivity contribution >= 4 is 5.91 Å². The fourth-order valence-corrected chi connectivity index (χ4v) is 1.61. The molecule has 2 atom stereocenters. The zero-order valence-corrected chi connectivity index (χ0v) is 9.09. The highest BCUT2D eigenvalue weighted by Gasteiger charge is 2.31. The SMILES string of the molecule is Cn1cnnc1CNC(=O)C1COCC1N. The van der Waals surface area contributed by atoms with Crippen LogP contribution in [0.5, 0.6) is 0 Å². The maximum atomic E-state index is 11.7. The number of nitrogens with two attached hydrogens (primary N) is 1. The van der Waals surface area contributed by atoms with Crippen LogP contribution in [0.3, 0.4) is 0 Å². The number of aromatic nitrogens is 3. The highest BCUT2D eigenvalue weighted by molar-refractivity contribution is 5.79. The average Bonchev–Trinajstić information content (AvgIpc) is 2.84. The van der Waals surface area contributed by atoms with Crippen molar-refractivity contribution in [3.8, 4) is 0 Å². The Morgan fingerprint density at radius 2 is 2.56 bits per heavy atom. The van der Waals surface area contributed by atoms with Gasteiger partial charge in [-0.3, -0.25) is 4.79 Å². The van der Waals surface area contributed by atoms with Crippen molar-refractivity contribution in [1.82, 2.24) is 20.1 Å². The van der Waals surface area contributed by atoms with Crippen LogP contribution in [0, 0.1) is 5.92 Å². The number of nitrogens with zero attached hydrogens (tertiary/aromatic N) is 3. The first-order valence-corrected chi connectivity index (χ1v) is 5.12. The van der Waals surface area contributed by atoms with E-state index < -0.39 is 0 Å². The number of hydrogen-bond acceptors (Lipinski definition) is 5. The molecule has 7 heteroatoms. The topological polar surface area (TPSA) is 95.1 Å². The zero-order valence-electron chi connectivity index (χ0n) is 9.09. The molecule has 1 aromatic rings. The lowest BCUT2D eigenvalue weighted by Crippen LogP contribution is -2.40. The maximum absolute atomic E-state index is 11.7. The van der Waals surface area contributed by atoms with Gasteiger partial charge in [-0.1, -0.05) is 0 Å². The number of ether oxygens (including phenoxy) is 1. The summed E-state index contributed by atoms with van der Waals surface area (Å²) >= 11 is 0. The molecule has 88 valence electrons. The monoisotopic (exact) mass is 225 g/mol. The van der Waals surface area contributed by atoms with Gasteiger partial charge >= 0.3 is 0 Å². The van der Waals surface area contributed by atoms with E-state index in [9.17, 15) is 4.79 Å². The second-order valence-corrected chi connectivity index (χ2v) is 3.88. The summed E-state index contributed by atoms with van der Waals surface area (Å²) < 4.78 is 6.89. The summed E-state index contributed by atoms with van der Waals surface area (Å²) in [7, 11) is 1.83. The first-order valence-electron chi connectivity index (χ1n) is 5.12. The minimum atomic E-state index is -0.256. The van der Waals surface area contributed by atoms with Crippen molar-refractivity contribution in [2.75, 3.05) is 13.2 Å². The molecule has 1 aliphatic rings. The van der Waals surface area contributed by atoms with Crippen LogP contribution in [0.4, 0.5) is 0 Å². The highest BCUT2D eigenvalue weighted by atomic mass is 16.5. The second-order valence-electron chi connectivity index (χ2n) is 3.88. The van der Waals surface area contributed by atoms with Crippen LogP contribution >= 0.6 is 0 Å². The van der Waals surface area contributed by atoms with Crippen molar-refractivity contribution in [3.05, 3.63) is 12.2 Å². The standard InChI is InChI=1S/C9H15N5O2/c1-14-5-12-13-8(14)2-11-9(15)6-3-16-4-7(6)10/h5-7H,2-4,10H2,1H3,(H,11,15). The number of carbonyl (C=O) groups excluding carboxylic acids is 1. The van der Waals surface area contributed by atoms with E-state index in [1.165, 1.54) is 0 Å². The summed E-state index contributed by atoms with van der Waals surface area (Å²) in [5.41, 5.74) is 5.74.